The number of rotatable bonds is 11. The highest BCUT2D eigenvalue weighted by Gasteiger charge is 2.38. The summed E-state index contributed by atoms with van der Waals surface area (Å²) in [5.74, 6) is -0.155. The lowest BCUT2D eigenvalue weighted by Crippen LogP contribution is -2.27. The summed E-state index contributed by atoms with van der Waals surface area (Å²) in [6, 6.07) is 17.6. The summed E-state index contributed by atoms with van der Waals surface area (Å²) in [6.45, 7) is -0.551. The van der Waals surface area contributed by atoms with Gasteiger partial charge in [-0.25, -0.2) is 24.6 Å². The largest absolute Gasteiger partial charge is 0.460 e. The number of hydrogen-bond acceptors (Lipinski definition) is 11. The Hall–Kier alpha value is -3.87. The molecule has 0 bridgehead atoms. The van der Waals surface area contributed by atoms with Crippen molar-refractivity contribution in [2.45, 2.75) is 31.5 Å². The number of aromatic nitrogens is 4. The molecule has 1 fully saturated rings. The molecule has 1 unspecified atom stereocenters. The minimum absolute atomic E-state index is 0.0702. The highest BCUT2D eigenvalue weighted by Crippen LogP contribution is 2.45. The molecule has 13 nitrogen and oxygen atoms in total. The van der Waals surface area contributed by atoms with Crippen molar-refractivity contribution in [3.63, 3.8) is 0 Å². The van der Waals surface area contributed by atoms with Crippen LogP contribution < -0.4 is 15.3 Å². The summed E-state index contributed by atoms with van der Waals surface area (Å²) in [7, 11) is -4.06. The number of aliphatic hydroxyl groups is 1. The van der Waals surface area contributed by atoms with Gasteiger partial charge in [-0.1, -0.05) is 48.5 Å². The molecule has 0 spiro atoms. The number of hydrogen-bond donors (Lipinski definition) is 3. The van der Waals surface area contributed by atoms with Gasteiger partial charge < -0.3 is 24.8 Å². The van der Waals surface area contributed by atoms with E-state index in [0.29, 0.717) is 11.2 Å². The Bertz CT molecular complexity index is 1460. The number of imidazole rings is 1. The lowest BCUT2D eigenvalue weighted by molar-refractivity contribution is -0.143. The van der Waals surface area contributed by atoms with Crippen LogP contribution in [0.4, 0.5) is 5.82 Å². The molecule has 2 aromatic carbocycles. The number of ether oxygens (including phenoxy) is 2. The average molecular weight is 555 g/mol. The number of anilines is 1. The summed E-state index contributed by atoms with van der Waals surface area (Å²) in [5, 5.41) is 13.2. The maximum atomic E-state index is 13.6. The molecule has 39 heavy (non-hydrogen) atoms. The van der Waals surface area contributed by atoms with Gasteiger partial charge in [0.25, 0.3) is 0 Å². The van der Waals surface area contributed by atoms with E-state index < -0.39 is 38.7 Å². The van der Waals surface area contributed by atoms with Gasteiger partial charge in [-0.05, 0) is 17.7 Å². The number of carbonyl (C=O) groups excluding carboxylic acids is 1. The summed E-state index contributed by atoms with van der Waals surface area (Å²) < 4.78 is 37.7. The first-order valence-electron chi connectivity index (χ1n) is 12.1. The fourth-order valence-electron chi connectivity index (χ4n) is 4.00. The van der Waals surface area contributed by atoms with Crippen LogP contribution in [0.1, 0.15) is 18.2 Å². The number of esters is 1. The van der Waals surface area contributed by atoms with E-state index in [0.717, 1.165) is 5.56 Å². The van der Waals surface area contributed by atoms with Crippen molar-refractivity contribution in [3.05, 3.63) is 78.9 Å². The second-order valence-corrected chi connectivity index (χ2v) is 10.5. The normalized spacial score (nSPS) is 20.5. The number of nitrogens with one attached hydrogen (secondary N) is 1. The highest BCUT2D eigenvalue weighted by molar-refractivity contribution is 7.52. The fraction of sp³-hybridized carbons (Fsp3) is 0.280. The van der Waals surface area contributed by atoms with Gasteiger partial charge in [0.2, 0.25) is 0 Å². The predicted octanol–water partition coefficient (Wildman–Crippen LogP) is 2.59. The van der Waals surface area contributed by atoms with Crippen LogP contribution in [-0.4, -0.2) is 56.0 Å². The second-order valence-electron chi connectivity index (χ2n) is 8.71. The molecule has 14 heteroatoms. The number of fused-ring (bicyclic) bond motifs is 1. The molecule has 0 amide bonds. The zero-order chi connectivity index (χ0) is 27.2. The van der Waals surface area contributed by atoms with E-state index in [9.17, 15) is 14.5 Å². The highest BCUT2D eigenvalue weighted by atomic mass is 31.2. The third kappa shape index (κ3) is 6.59. The van der Waals surface area contributed by atoms with Gasteiger partial charge in [-0.15, -0.1) is 0 Å². The number of aliphatic hydroxyl groups excluding tert-OH is 1. The van der Waals surface area contributed by atoms with Crippen molar-refractivity contribution in [1.82, 2.24) is 24.6 Å². The van der Waals surface area contributed by atoms with Crippen molar-refractivity contribution < 1.29 is 33.0 Å². The zero-order valence-electron chi connectivity index (χ0n) is 20.7. The zero-order valence-corrected chi connectivity index (χ0v) is 21.6. The molecule has 4 aromatic rings. The van der Waals surface area contributed by atoms with Gasteiger partial charge in [0.05, 0.1) is 19.0 Å². The first-order chi connectivity index (χ1) is 18.9. The van der Waals surface area contributed by atoms with Crippen LogP contribution >= 0.6 is 7.75 Å². The van der Waals surface area contributed by atoms with E-state index in [1.165, 1.54) is 12.7 Å². The maximum Gasteiger partial charge on any atom is 0.459 e. The molecule has 1 aliphatic heterocycles. The van der Waals surface area contributed by atoms with Gasteiger partial charge in [-0.3, -0.25) is 13.9 Å². The van der Waals surface area contributed by atoms with Crippen LogP contribution in [-0.2, 0) is 30.0 Å². The Balaban J connectivity index is 1.22. The molecule has 204 valence electrons. The summed E-state index contributed by atoms with van der Waals surface area (Å²) in [4.78, 5) is 24.6. The van der Waals surface area contributed by atoms with Crippen LogP contribution in [0.25, 0.3) is 11.2 Å². The van der Waals surface area contributed by atoms with Crippen molar-refractivity contribution >= 4 is 30.7 Å². The minimum atomic E-state index is -4.06. The molecule has 0 saturated carbocycles. The molecular weight excluding hydrogens is 527 g/mol. The van der Waals surface area contributed by atoms with Crippen LogP contribution in [0, 0.1) is 0 Å². The van der Waals surface area contributed by atoms with Crippen molar-refractivity contribution in [2.75, 3.05) is 18.9 Å². The molecule has 0 aliphatic carbocycles. The van der Waals surface area contributed by atoms with E-state index in [2.05, 4.69) is 20.0 Å². The first kappa shape index (κ1) is 26.7. The van der Waals surface area contributed by atoms with Crippen molar-refractivity contribution in [2.24, 2.45) is 0 Å². The van der Waals surface area contributed by atoms with Gasteiger partial charge >= 0.3 is 13.7 Å². The predicted molar refractivity (Wildman–Crippen MR) is 139 cm³/mol. The van der Waals surface area contributed by atoms with Gasteiger partial charge in [0, 0.05) is 6.42 Å². The standard InChI is InChI=1S/C25H27N6O7P/c26-23-22-24(28-15-27-23)31(16-29-22)25-20(32)11-19(37-25)14-36-39(34,38-18-9-5-2-6-10-18)30-12-21(33)35-13-17-7-3-1-4-8-17/h1-10,15-16,19-20,25,32H,11-14H2,(H,30,34)(H2,26,27,28)/t19-,20+,25+,39?/m0/s1. The van der Waals surface area contributed by atoms with E-state index >= 15 is 0 Å². The van der Waals surface area contributed by atoms with Crippen molar-refractivity contribution in [1.29, 1.82) is 0 Å². The smallest absolute Gasteiger partial charge is 0.459 e. The SMILES string of the molecule is Nc1ncnc2c1ncn2[C@@H]1O[C@H](COP(=O)(NCC(=O)OCc2ccccc2)Oc2ccccc2)C[C@H]1O. The summed E-state index contributed by atoms with van der Waals surface area (Å²) >= 11 is 0. The number of para-hydroxylation sites is 1. The quantitative estimate of drug-likeness (QED) is 0.183. The Labute approximate surface area is 223 Å². The van der Waals surface area contributed by atoms with Gasteiger partial charge in [-0.2, -0.15) is 0 Å². The number of nitrogens with zero attached hydrogens (tertiary/aromatic N) is 4. The lowest BCUT2D eigenvalue weighted by atomic mass is 10.2. The van der Waals surface area contributed by atoms with Gasteiger partial charge in [0.15, 0.2) is 17.7 Å². The summed E-state index contributed by atoms with van der Waals surface area (Å²) in [5.41, 5.74) is 7.46. The van der Waals surface area contributed by atoms with Crippen LogP contribution in [0.15, 0.2) is 73.3 Å². The van der Waals surface area contributed by atoms with Crippen LogP contribution in [0.3, 0.4) is 0 Å². The minimum Gasteiger partial charge on any atom is -0.460 e. The van der Waals surface area contributed by atoms with Crippen LogP contribution in [0.2, 0.25) is 0 Å². The van der Waals surface area contributed by atoms with Gasteiger partial charge in [0.1, 0.15) is 36.8 Å². The monoisotopic (exact) mass is 554 g/mol. The Morgan fingerprint density at radius 3 is 2.64 bits per heavy atom. The molecule has 4 N–H and O–H groups in total. The Morgan fingerprint density at radius 2 is 1.87 bits per heavy atom. The maximum absolute atomic E-state index is 13.6. The van der Waals surface area contributed by atoms with E-state index in [4.69, 9.17) is 24.3 Å². The molecular formula is C25H27N6O7P. The molecule has 5 rings (SSSR count). The molecule has 3 heterocycles. The number of nitrogens with two attached hydrogens (primary N) is 1. The van der Waals surface area contributed by atoms with E-state index in [1.54, 1.807) is 34.9 Å². The van der Waals surface area contributed by atoms with Crippen molar-refractivity contribution in [3.8, 4) is 5.75 Å². The third-order valence-electron chi connectivity index (χ3n) is 5.89. The molecule has 1 aliphatic rings. The number of nitrogen functional groups attached to an aromatic ring is 1. The van der Waals surface area contributed by atoms with Crippen LogP contribution in [0.5, 0.6) is 5.75 Å². The Morgan fingerprint density at radius 1 is 1.13 bits per heavy atom. The number of benzene rings is 2. The lowest BCUT2D eigenvalue weighted by Gasteiger charge is -2.21. The molecule has 1 saturated heterocycles. The van der Waals surface area contributed by atoms with E-state index in [-0.39, 0.29) is 31.2 Å². The topological polar surface area (TPSA) is 173 Å². The second kappa shape index (κ2) is 11.9. The third-order valence-corrected chi connectivity index (χ3v) is 7.37. The average Bonchev–Trinajstić information content (AvgIpc) is 3.54. The molecule has 4 atom stereocenters. The summed E-state index contributed by atoms with van der Waals surface area (Å²) in [6.07, 6.45) is 0.525. The molecule has 2 aromatic heterocycles. The Kier molecular flexibility index (Phi) is 8.15. The van der Waals surface area contributed by atoms with E-state index in [1.807, 2.05) is 30.3 Å². The first-order valence-corrected chi connectivity index (χ1v) is 13.6. The molecule has 0 radical (unpaired) electrons. The number of carbonyl (C=O) groups is 1. The fourth-order valence-corrected chi connectivity index (χ4v) is 5.29.